The largest absolute Gasteiger partial charge is 0.504 e. The highest BCUT2D eigenvalue weighted by Gasteiger charge is 2.31. The van der Waals surface area contributed by atoms with Gasteiger partial charge < -0.3 is 14.6 Å². The Kier molecular flexibility index (Phi) is 5.66. The highest BCUT2D eigenvalue weighted by molar-refractivity contribution is 7.90. The fraction of sp³-hybridized carbons (Fsp3) is 0.263. The minimum absolute atomic E-state index is 0.0195. The summed E-state index contributed by atoms with van der Waals surface area (Å²) in [4.78, 5) is 0.160. The Morgan fingerprint density at radius 3 is 2.75 bits per heavy atom. The zero-order chi connectivity index (χ0) is 20.3. The second-order valence-electron chi connectivity index (χ2n) is 6.19. The number of hydrogen-bond donors (Lipinski definition) is 2. The maximum absolute atomic E-state index is 12.4. The third-order valence-corrected chi connectivity index (χ3v) is 5.70. The molecule has 0 aliphatic carbocycles. The van der Waals surface area contributed by atoms with Crippen LogP contribution in [0.1, 0.15) is 22.3 Å². The molecule has 3 rings (SSSR count). The first-order valence-corrected chi connectivity index (χ1v) is 9.94. The summed E-state index contributed by atoms with van der Waals surface area (Å²) in [6, 6.07) is 8.07. The molecule has 148 valence electrons. The first-order valence-electron chi connectivity index (χ1n) is 8.50. The number of fused-ring (bicyclic) bond motifs is 1. The minimum atomic E-state index is -3.77. The molecule has 2 N–H and O–H groups in total. The highest BCUT2D eigenvalue weighted by atomic mass is 32.2. The van der Waals surface area contributed by atoms with E-state index in [1.54, 1.807) is 31.4 Å². The summed E-state index contributed by atoms with van der Waals surface area (Å²) in [6.07, 6.45) is 2.04. The van der Waals surface area contributed by atoms with Crippen LogP contribution in [0.25, 0.3) is 0 Å². The van der Waals surface area contributed by atoms with Gasteiger partial charge in [0.1, 0.15) is 4.90 Å². The lowest BCUT2D eigenvalue weighted by atomic mass is 9.98. The molecule has 1 aliphatic rings. The second kappa shape index (κ2) is 7.99. The van der Waals surface area contributed by atoms with Gasteiger partial charge in [-0.15, -0.1) is 4.40 Å². The van der Waals surface area contributed by atoms with Gasteiger partial charge in [0.05, 0.1) is 19.9 Å². The molecule has 2 aromatic rings. The SMILES string of the molecule is COCCc1c(C)ccc2c1C(N/N=C/c1ccc(O)c(OC)c1)=NS2(=O)=O. The number of hydrogen-bond acceptors (Lipinski definition) is 7. The fourth-order valence-electron chi connectivity index (χ4n) is 2.97. The van der Waals surface area contributed by atoms with Crippen LogP contribution < -0.4 is 10.2 Å². The number of aryl methyl sites for hydroxylation is 1. The van der Waals surface area contributed by atoms with E-state index in [2.05, 4.69) is 14.9 Å². The van der Waals surface area contributed by atoms with E-state index in [0.717, 1.165) is 11.1 Å². The zero-order valence-electron chi connectivity index (χ0n) is 15.8. The average molecular weight is 403 g/mol. The first-order chi connectivity index (χ1) is 13.4. The molecule has 9 heteroatoms. The topological polar surface area (TPSA) is 110 Å². The molecular formula is C19H21N3O5S. The molecule has 0 aromatic heterocycles. The van der Waals surface area contributed by atoms with Gasteiger partial charge in [0.2, 0.25) is 0 Å². The quantitative estimate of drug-likeness (QED) is 0.564. The van der Waals surface area contributed by atoms with Gasteiger partial charge in [-0.2, -0.15) is 13.5 Å². The molecule has 1 heterocycles. The molecule has 8 nitrogen and oxygen atoms in total. The molecule has 2 aromatic carbocycles. The molecule has 0 atom stereocenters. The van der Waals surface area contributed by atoms with Gasteiger partial charge >= 0.3 is 0 Å². The average Bonchev–Trinajstić information content (AvgIpc) is 2.92. The van der Waals surface area contributed by atoms with Gasteiger partial charge in [0.25, 0.3) is 10.0 Å². The Bertz CT molecular complexity index is 1060. The number of phenolic OH excluding ortho intramolecular Hbond substituents is 1. The molecule has 1 aliphatic heterocycles. The van der Waals surface area contributed by atoms with Crippen LogP contribution in [-0.2, 0) is 21.2 Å². The Morgan fingerprint density at radius 2 is 2.04 bits per heavy atom. The predicted molar refractivity (Wildman–Crippen MR) is 106 cm³/mol. The maximum Gasteiger partial charge on any atom is 0.285 e. The summed E-state index contributed by atoms with van der Waals surface area (Å²) in [7, 11) is -0.725. The lowest BCUT2D eigenvalue weighted by Gasteiger charge is -2.12. The Labute approximate surface area is 163 Å². The van der Waals surface area contributed by atoms with Crippen molar-refractivity contribution in [1.29, 1.82) is 0 Å². The van der Waals surface area contributed by atoms with Crippen LogP contribution in [0.3, 0.4) is 0 Å². The summed E-state index contributed by atoms with van der Waals surface area (Å²) < 4.78 is 38.8. The van der Waals surface area contributed by atoms with Crippen molar-refractivity contribution < 1.29 is 23.0 Å². The van der Waals surface area contributed by atoms with Crippen molar-refractivity contribution in [2.75, 3.05) is 20.8 Å². The smallest absolute Gasteiger partial charge is 0.285 e. The molecule has 0 unspecified atom stereocenters. The third-order valence-electron chi connectivity index (χ3n) is 4.38. The molecule has 0 radical (unpaired) electrons. The standard InChI is InChI=1S/C19H21N3O5S/c1-12-4-7-17-18(14(12)8-9-26-2)19(22-28(17,24)25)21-20-11-13-5-6-15(23)16(10-13)27-3/h4-7,10-11,23H,8-9H2,1-3H3,(H,21,22)/b20-11+. The Balaban J connectivity index is 1.91. The Morgan fingerprint density at radius 1 is 1.25 bits per heavy atom. The molecule has 0 amide bonds. The number of benzene rings is 2. The van der Waals surface area contributed by atoms with Crippen LogP contribution in [0.5, 0.6) is 11.5 Å². The summed E-state index contributed by atoms with van der Waals surface area (Å²) in [5.74, 6) is 0.505. The monoisotopic (exact) mass is 403 g/mol. The third kappa shape index (κ3) is 3.85. The molecule has 0 saturated heterocycles. The van der Waals surface area contributed by atoms with Crippen molar-refractivity contribution in [1.82, 2.24) is 5.43 Å². The van der Waals surface area contributed by atoms with Crippen molar-refractivity contribution >= 4 is 22.1 Å². The lowest BCUT2D eigenvalue weighted by molar-refractivity contribution is 0.202. The van der Waals surface area contributed by atoms with Crippen LogP contribution in [0.4, 0.5) is 0 Å². The van der Waals surface area contributed by atoms with Crippen molar-refractivity contribution in [3.05, 3.63) is 52.6 Å². The van der Waals surface area contributed by atoms with Crippen molar-refractivity contribution in [2.45, 2.75) is 18.2 Å². The number of ether oxygens (including phenoxy) is 2. The van der Waals surface area contributed by atoms with Crippen LogP contribution in [0.15, 0.2) is 44.7 Å². The van der Waals surface area contributed by atoms with Gasteiger partial charge in [-0.1, -0.05) is 6.07 Å². The molecular weight excluding hydrogens is 382 g/mol. The predicted octanol–water partition coefficient (Wildman–Crippen LogP) is 1.97. The normalized spacial score (nSPS) is 14.8. The van der Waals surface area contributed by atoms with Gasteiger partial charge in [-0.25, -0.2) is 0 Å². The summed E-state index contributed by atoms with van der Waals surface area (Å²) >= 11 is 0. The van der Waals surface area contributed by atoms with Gasteiger partial charge in [-0.3, -0.25) is 5.43 Å². The van der Waals surface area contributed by atoms with Gasteiger partial charge in [-0.05, 0) is 54.3 Å². The second-order valence-corrected chi connectivity index (χ2v) is 7.77. The van der Waals surface area contributed by atoms with Gasteiger partial charge in [0, 0.05) is 12.7 Å². The van der Waals surface area contributed by atoms with E-state index in [1.807, 2.05) is 6.92 Å². The minimum Gasteiger partial charge on any atom is -0.504 e. The van der Waals surface area contributed by atoms with Crippen LogP contribution >= 0.6 is 0 Å². The lowest BCUT2D eigenvalue weighted by Crippen LogP contribution is -2.20. The number of phenols is 1. The summed E-state index contributed by atoms with van der Waals surface area (Å²) in [5.41, 5.74) is 5.73. The number of amidine groups is 1. The van der Waals surface area contributed by atoms with E-state index in [0.29, 0.717) is 29.9 Å². The molecule has 28 heavy (non-hydrogen) atoms. The van der Waals surface area contributed by atoms with E-state index in [-0.39, 0.29) is 16.5 Å². The van der Waals surface area contributed by atoms with E-state index in [1.165, 1.54) is 19.4 Å². The van der Waals surface area contributed by atoms with E-state index in [9.17, 15) is 13.5 Å². The molecule has 0 spiro atoms. The first kappa shape index (κ1) is 19.8. The van der Waals surface area contributed by atoms with E-state index in [4.69, 9.17) is 9.47 Å². The maximum atomic E-state index is 12.4. The van der Waals surface area contributed by atoms with Crippen molar-refractivity contribution in [3.8, 4) is 11.5 Å². The summed E-state index contributed by atoms with van der Waals surface area (Å²) in [5, 5.41) is 13.8. The summed E-state index contributed by atoms with van der Waals surface area (Å²) in [6.45, 7) is 2.38. The van der Waals surface area contributed by atoms with Crippen LogP contribution in [0, 0.1) is 6.92 Å². The fourth-order valence-corrected chi connectivity index (χ4v) is 4.15. The van der Waals surface area contributed by atoms with Crippen molar-refractivity contribution in [2.24, 2.45) is 9.50 Å². The Hall–Kier alpha value is -2.91. The number of sulfonamides is 1. The number of methoxy groups -OCH3 is 2. The van der Waals surface area contributed by atoms with Crippen LogP contribution in [0.2, 0.25) is 0 Å². The van der Waals surface area contributed by atoms with E-state index >= 15 is 0 Å². The molecule has 0 fully saturated rings. The van der Waals surface area contributed by atoms with Crippen molar-refractivity contribution in [3.63, 3.8) is 0 Å². The number of nitrogens with zero attached hydrogens (tertiary/aromatic N) is 2. The zero-order valence-corrected chi connectivity index (χ0v) is 16.6. The number of aromatic hydroxyl groups is 1. The highest BCUT2D eigenvalue weighted by Crippen LogP contribution is 2.31. The number of nitrogens with one attached hydrogen (secondary N) is 1. The number of rotatable bonds is 6. The molecule has 0 bridgehead atoms. The molecule has 0 saturated carbocycles. The van der Waals surface area contributed by atoms with Crippen LogP contribution in [-0.4, -0.2) is 46.4 Å². The number of hydrazone groups is 1. The van der Waals surface area contributed by atoms with E-state index < -0.39 is 10.0 Å². The van der Waals surface area contributed by atoms with Gasteiger partial charge in [0.15, 0.2) is 17.3 Å².